The minimum absolute atomic E-state index is 0.0627. The molecule has 1 N–H and O–H groups in total. The lowest BCUT2D eigenvalue weighted by molar-refractivity contribution is -0.140. The van der Waals surface area contributed by atoms with Gasteiger partial charge in [-0.2, -0.15) is 0 Å². The highest BCUT2D eigenvalue weighted by Gasteiger charge is 2.30. The molecular weight excluding hydrogens is 467 g/mol. The van der Waals surface area contributed by atoms with Crippen LogP contribution in [0.5, 0.6) is 0 Å². The van der Waals surface area contributed by atoms with Crippen LogP contribution in [0.2, 0.25) is 15.1 Å². The predicted molar refractivity (Wildman–Crippen MR) is 130 cm³/mol. The van der Waals surface area contributed by atoms with Gasteiger partial charge in [0.25, 0.3) is 0 Å². The van der Waals surface area contributed by atoms with E-state index in [4.69, 9.17) is 34.8 Å². The Hall–Kier alpha value is -2.53. The fourth-order valence-electron chi connectivity index (χ4n) is 3.46. The van der Waals surface area contributed by atoms with Crippen LogP contribution in [0.15, 0.2) is 72.8 Å². The first kappa shape index (κ1) is 24.1. The summed E-state index contributed by atoms with van der Waals surface area (Å²) in [5.74, 6) is -0.486. The Morgan fingerprint density at radius 3 is 2.22 bits per heavy atom. The van der Waals surface area contributed by atoms with Gasteiger partial charge in [-0.25, -0.2) is 0 Å². The second kappa shape index (κ2) is 11.4. The minimum atomic E-state index is -0.732. The molecule has 0 saturated heterocycles. The molecule has 0 aliphatic rings. The monoisotopic (exact) mass is 488 g/mol. The molecule has 0 fully saturated rings. The van der Waals surface area contributed by atoms with Crippen LogP contribution in [0.3, 0.4) is 0 Å². The molecule has 7 heteroatoms. The summed E-state index contributed by atoms with van der Waals surface area (Å²) >= 11 is 18.7. The first-order chi connectivity index (χ1) is 15.4. The minimum Gasteiger partial charge on any atom is -0.357 e. The smallest absolute Gasteiger partial charge is 0.242 e. The molecular formula is C25H23Cl3N2O2. The lowest BCUT2D eigenvalue weighted by Crippen LogP contribution is -2.50. The summed E-state index contributed by atoms with van der Waals surface area (Å²) in [6, 6.07) is 21.1. The van der Waals surface area contributed by atoms with E-state index < -0.39 is 6.04 Å². The van der Waals surface area contributed by atoms with Crippen LogP contribution in [-0.2, 0) is 29.0 Å². The summed E-state index contributed by atoms with van der Waals surface area (Å²) in [4.78, 5) is 28.0. The molecule has 0 heterocycles. The molecule has 1 atom stereocenters. The molecule has 166 valence electrons. The van der Waals surface area contributed by atoms with E-state index in [1.165, 1.54) is 0 Å². The second-order valence-electron chi connectivity index (χ2n) is 7.35. The number of rotatable bonds is 8. The predicted octanol–water partition coefficient (Wildman–Crippen LogP) is 5.58. The maximum Gasteiger partial charge on any atom is 0.242 e. The average Bonchev–Trinajstić information content (AvgIpc) is 2.79. The second-order valence-corrected chi connectivity index (χ2v) is 8.60. The Bertz CT molecular complexity index is 1090. The van der Waals surface area contributed by atoms with Gasteiger partial charge in [0.05, 0.1) is 6.42 Å². The number of carbonyl (C=O) groups is 2. The molecule has 0 saturated carbocycles. The normalized spacial score (nSPS) is 11.6. The molecule has 0 aliphatic heterocycles. The Balaban J connectivity index is 1.98. The number of nitrogens with zero attached hydrogens (tertiary/aromatic N) is 1. The molecule has 32 heavy (non-hydrogen) atoms. The van der Waals surface area contributed by atoms with Gasteiger partial charge in [0.2, 0.25) is 11.8 Å². The van der Waals surface area contributed by atoms with Gasteiger partial charge in [-0.15, -0.1) is 0 Å². The van der Waals surface area contributed by atoms with Crippen LogP contribution in [0, 0.1) is 0 Å². The number of hydrogen-bond donors (Lipinski definition) is 1. The zero-order chi connectivity index (χ0) is 23.1. The Morgan fingerprint density at radius 2 is 1.56 bits per heavy atom. The van der Waals surface area contributed by atoms with E-state index in [1.54, 1.807) is 42.3 Å². The van der Waals surface area contributed by atoms with Crippen molar-refractivity contribution in [3.8, 4) is 0 Å². The van der Waals surface area contributed by atoms with Gasteiger partial charge in [0.15, 0.2) is 0 Å². The number of nitrogens with one attached hydrogen (secondary N) is 1. The number of carbonyl (C=O) groups excluding carboxylic acids is 2. The van der Waals surface area contributed by atoms with Crippen molar-refractivity contribution in [2.45, 2.75) is 25.4 Å². The van der Waals surface area contributed by atoms with E-state index >= 15 is 0 Å². The van der Waals surface area contributed by atoms with Crippen molar-refractivity contribution in [2.24, 2.45) is 0 Å². The van der Waals surface area contributed by atoms with Gasteiger partial charge in [0.1, 0.15) is 6.04 Å². The van der Waals surface area contributed by atoms with Crippen LogP contribution >= 0.6 is 34.8 Å². The van der Waals surface area contributed by atoms with Crippen molar-refractivity contribution in [3.63, 3.8) is 0 Å². The topological polar surface area (TPSA) is 49.4 Å². The van der Waals surface area contributed by atoms with E-state index in [9.17, 15) is 9.59 Å². The maximum atomic E-state index is 13.5. The summed E-state index contributed by atoms with van der Waals surface area (Å²) in [6.07, 6.45) is 0.424. The highest BCUT2D eigenvalue weighted by Crippen LogP contribution is 2.25. The van der Waals surface area contributed by atoms with E-state index in [1.807, 2.05) is 42.5 Å². The fraction of sp³-hybridized carbons (Fsp3) is 0.200. The van der Waals surface area contributed by atoms with Gasteiger partial charge >= 0.3 is 0 Å². The Morgan fingerprint density at radius 1 is 0.875 bits per heavy atom. The zero-order valence-corrected chi connectivity index (χ0v) is 19.8. The van der Waals surface area contributed by atoms with E-state index in [0.717, 1.165) is 5.56 Å². The van der Waals surface area contributed by atoms with Crippen molar-refractivity contribution in [3.05, 3.63) is 105 Å². The van der Waals surface area contributed by atoms with Gasteiger partial charge in [-0.1, -0.05) is 89.4 Å². The summed E-state index contributed by atoms with van der Waals surface area (Å²) in [6.45, 7) is 0.157. The van der Waals surface area contributed by atoms with Crippen molar-refractivity contribution in [1.29, 1.82) is 0 Å². The third kappa shape index (κ3) is 6.26. The molecule has 0 radical (unpaired) electrons. The van der Waals surface area contributed by atoms with E-state index in [2.05, 4.69) is 5.32 Å². The molecule has 3 aromatic rings. The molecule has 4 nitrogen and oxygen atoms in total. The molecule has 0 unspecified atom stereocenters. The number of likely N-dealkylation sites (N-methyl/N-ethyl adjacent to an activating group) is 1. The molecule has 0 aromatic heterocycles. The first-order valence-corrected chi connectivity index (χ1v) is 11.2. The van der Waals surface area contributed by atoms with Crippen LogP contribution in [0.4, 0.5) is 0 Å². The molecule has 3 aromatic carbocycles. The molecule has 0 spiro atoms. The van der Waals surface area contributed by atoms with Crippen molar-refractivity contribution in [2.75, 3.05) is 7.05 Å². The van der Waals surface area contributed by atoms with Crippen LogP contribution in [0.1, 0.15) is 16.7 Å². The molecule has 0 aliphatic carbocycles. The largest absolute Gasteiger partial charge is 0.357 e. The summed E-state index contributed by atoms with van der Waals surface area (Å²) < 4.78 is 0. The van der Waals surface area contributed by atoms with E-state index in [0.29, 0.717) is 32.6 Å². The quantitative estimate of drug-likeness (QED) is 0.449. The zero-order valence-electron chi connectivity index (χ0n) is 17.5. The highest BCUT2D eigenvalue weighted by molar-refractivity contribution is 6.35. The maximum absolute atomic E-state index is 13.5. The summed E-state index contributed by atoms with van der Waals surface area (Å²) in [7, 11) is 1.56. The third-order valence-electron chi connectivity index (χ3n) is 5.17. The average molecular weight is 490 g/mol. The number of benzene rings is 3. The highest BCUT2D eigenvalue weighted by atomic mass is 35.5. The molecule has 0 bridgehead atoms. The number of halogens is 3. The van der Waals surface area contributed by atoms with Crippen molar-refractivity contribution in [1.82, 2.24) is 10.2 Å². The SMILES string of the molecule is CNC(=O)[C@H](Cc1ccccc1)N(Cc1ccc(Cl)cc1Cl)C(=O)Cc1ccccc1Cl. The number of amides is 2. The lowest BCUT2D eigenvalue weighted by Gasteiger charge is -2.31. The van der Waals surface area contributed by atoms with Crippen molar-refractivity contribution < 1.29 is 9.59 Å². The first-order valence-electron chi connectivity index (χ1n) is 10.1. The Labute approximate surface area is 203 Å². The van der Waals surface area contributed by atoms with Gasteiger partial charge in [-0.3, -0.25) is 9.59 Å². The number of hydrogen-bond acceptors (Lipinski definition) is 2. The van der Waals surface area contributed by atoms with Crippen molar-refractivity contribution >= 4 is 46.6 Å². The van der Waals surface area contributed by atoms with Crippen LogP contribution in [-0.4, -0.2) is 29.8 Å². The molecule has 2 amide bonds. The van der Waals surface area contributed by atoms with Gasteiger partial charge in [0, 0.05) is 35.1 Å². The fourth-order valence-corrected chi connectivity index (χ4v) is 4.13. The summed E-state index contributed by atoms with van der Waals surface area (Å²) in [5, 5.41) is 4.13. The summed E-state index contributed by atoms with van der Waals surface area (Å²) in [5.41, 5.74) is 2.34. The Kier molecular flexibility index (Phi) is 8.57. The van der Waals surface area contributed by atoms with Crippen LogP contribution < -0.4 is 5.32 Å². The van der Waals surface area contributed by atoms with Crippen LogP contribution in [0.25, 0.3) is 0 Å². The molecule has 3 rings (SSSR count). The standard InChI is InChI=1S/C25H23Cl3N2O2/c1-29-25(32)23(13-17-7-3-2-4-8-17)30(16-19-11-12-20(26)15-22(19)28)24(31)14-18-9-5-6-10-21(18)27/h2-12,15,23H,13-14,16H2,1H3,(H,29,32)/t23-/m0/s1. The van der Waals surface area contributed by atoms with Gasteiger partial charge < -0.3 is 10.2 Å². The lowest BCUT2D eigenvalue weighted by atomic mass is 10.0. The third-order valence-corrected chi connectivity index (χ3v) is 6.13. The van der Waals surface area contributed by atoms with Gasteiger partial charge in [-0.05, 0) is 34.9 Å². The van der Waals surface area contributed by atoms with E-state index in [-0.39, 0.29) is 24.8 Å².